The normalized spacial score (nSPS) is 16.4. The van der Waals surface area contributed by atoms with Crippen molar-refractivity contribution in [3.05, 3.63) is 29.8 Å². The lowest BCUT2D eigenvalue weighted by Crippen LogP contribution is -2.47. The number of rotatable bonds is 6. The number of piperidine rings is 1. The Hall–Kier alpha value is -2.08. The van der Waals surface area contributed by atoms with Gasteiger partial charge in [-0.25, -0.2) is 0 Å². The molecule has 1 aliphatic rings. The number of nitrogens with one attached hydrogen (secondary N) is 1. The van der Waals surface area contributed by atoms with E-state index in [4.69, 9.17) is 10.5 Å². The molecule has 3 N–H and O–H groups in total. The lowest BCUT2D eigenvalue weighted by Gasteiger charge is -2.31. The lowest BCUT2D eigenvalue weighted by molar-refractivity contribution is -0.124. The van der Waals surface area contributed by atoms with E-state index in [0.717, 1.165) is 37.2 Å². The number of likely N-dealkylation sites (tertiary alicyclic amines) is 1. The Morgan fingerprint density at radius 1 is 1.24 bits per heavy atom. The Kier molecular flexibility index (Phi) is 6.42. The molecule has 25 heavy (non-hydrogen) atoms. The summed E-state index contributed by atoms with van der Waals surface area (Å²) < 4.78 is 5.76. The van der Waals surface area contributed by atoms with Crippen molar-refractivity contribution < 1.29 is 14.3 Å². The molecule has 0 saturated carbocycles. The molecule has 0 aromatic heterocycles. The van der Waals surface area contributed by atoms with Gasteiger partial charge in [0.1, 0.15) is 5.75 Å². The Morgan fingerprint density at radius 3 is 2.48 bits per heavy atom. The maximum absolute atomic E-state index is 12.2. The zero-order chi connectivity index (χ0) is 18.4. The van der Waals surface area contributed by atoms with Crippen LogP contribution in [0.25, 0.3) is 0 Å². The van der Waals surface area contributed by atoms with Gasteiger partial charge < -0.3 is 15.8 Å². The van der Waals surface area contributed by atoms with Crippen molar-refractivity contribution in [2.45, 2.75) is 45.1 Å². The van der Waals surface area contributed by atoms with Crippen LogP contribution in [0.5, 0.6) is 5.75 Å². The highest BCUT2D eigenvalue weighted by molar-refractivity contribution is 5.78. The van der Waals surface area contributed by atoms with Crippen molar-refractivity contribution >= 4 is 11.8 Å². The fraction of sp³-hybridized carbons (Fsp3) is 0.579. The number of carbonyl (C=O) groups is 2. The lowest BCUT2D eigenvalue weighted by atomic mass is 9.86. The summed E-state index contributed by atoms with van der Waals surface area (Å²) in [4.78, 5) is 25.1. The number of para-hydroxylation sites is 1. The first-order valence-electron chi connectivity index (χ1n) is 8.78. The summed E-state index contributed by atoms with van der Waals surface area (Å²) in [6, 6.07) is 7.94. The molecular weight excluding hydrogens is 318 g/mol. The molecule has 0 unspecified atom stereocenters. The number of amides is 2. The number of ether oxygens (including phenoxy) is 1. The minimum absolute atomic E-state index is 0.00853. The van der Waals surface area contributed by atoms with E-state index in [-0.39, 0.29) is 36.4 Å². The summed E-state index contributed by atoms with van der Waals surface area (Å²) in [6.45, 7) is 8.19. The quantitative estimate of drug-likeness (QED) is 0.815. The van der Waals surface area contributed by atoms with Crippen molar-refractivity contribution in [2.75, 3.05) is 26.2 Å². The first-order chi connectivity index (χ1) is 11.8. The van der Waals surface area contributed by atoms with Crippen molar-refractivity contribution in [1.29, 1.82) is 0 Å². The van der Waals surface area contributed by atoms with Gasteiger partial charge in [-0.3, -0.25) is 14.5 Å². The second kappa shape index (κ2) is 8.34. The van der Waals surface area contributed by atoms with Gasteiger partial charge in [0.15, 0.2) is 6.61 Å². The van der Waals surface area contributed by atoms with E-state index >= 15 is 0 Å². The van der Waals surface area contributed by atoms with Crippen LogP contribution < -0.4 is 15.8 Å². The Balaban J connectivity index is 1.80. The largest absolute Gasteiger partial charge is 0.483 e. The van der Waals surface area contributed by atoms with Crippen LogP contribution in [-0.2, 0) is 15.0 Å². The molecule has 6 nitrogen and oxygen atoms in total. The highest BCUT2D eigenvalue weighted by Gasteiger charge is 2.22. The molecule has 2 rings (SSSR count). The zero-order valence-corrected chi connectivity index (χ0v) is 15.4. The van der Waals surface area contributed by atoms with E-state index in [2.05, 4.69) is 26.1 Å². The van der Waals surface area contributed by atoms with Gasteiger partial charge in [0.05, 0.1) is 6.54 Å². The monoisotopic (exact) mass is 347 g/mol. The molecule has 0 bridgehead atoms. The second-order valence-electron chi connectivity index (χ2n) is 7.62. The summed E-state index contributed by atoms with van der Waals surface area (Å²) in [6.07, 6.45) is 1.63. The van der Waals surface area contributed by atoms with E-state index in [9.17, 15) is 9.59 Å². The predicted octanol–water partition coefficient (Wildman–Crippen LogP) is 1.43. The number of hydrogen-bond acceptors (Lipinski definition) is 4. The Bertz CT molecular complexity index is 602. The molecular formula is C19H29N3O3. The van der Waals surface area contributed by atoms with Crippen molar-refractivity contribution in [2.24, 2.45) is 5.73 Å². The molecule has 0 spiro atoms. The molecule has 138 valence electrons. The molecule has 1 saturated heterocycles. The minimum Gasteiger partial charge on any atom is -0.483 e. The summed E-state index contributed by atoms with van der Waals surface area (Å²) >= 11 is 0. The number of nitrogens with two attached hydrogens (primary N) is 1. The molecule has 1 fully saturated rings. The van der Waals surface area contributed by atoms with E-state index in [0.29, 0.717) is 0 Å². The number of nitrogens with zero attached hydrogens (tertiary/aromatic N) is 1. The van der Waals surface area contributed by atoms with Gasteiger partial charge in [0, 0.05) is 19.1 Å². The van der Waals surface area contributed by atoms with Gasteiger partial charge in [-0.1, -0.05) is 39.0 Å². The highest BCUT2D eigenvalue weighted by atomic mass is 16.5. The summed E-state index contributed by atoms with van der Waals surface area (Å²) in [5, 5.41) is 3.01. The SMILES string of the molecule is CC(C)(C)c1ccccc1OCC(=O)NC1CCN(CC(N)=O)CC1. The van der Waals surface area contributed by atoms with Crippen LogP contribution in [0.15, 0.2) is 24.3 Å². The average molecular weight is 347 g/mol. The zero-order valence-electron chi connectivity index (χ0n) is 15.4. The molecule has 1 aromatic rings. The third-order valence-electron chi connectivity index (χ3n) is 4.39. The van der Waals surface area contributed by atoms with E-state index < -0.39 is 0 Å². The van der Waals surface area contributed by atoms with Crippen molar-refractivity contribution in [3.63, 3.8) is 0 Å². The molecule has 1 heterocycles. The molecule has 2 amide bonds. The third-order valence-corrected chi connectivity index (χ3v) is 4.39. The predicted molar refractivity (Wildman–Crippen MR) is 97.4 cm³/mol. The van der Waals surface area contributed by atoms with E-state index in [1.807, 2.05) is 29.2 Å². The van der Waals surface area contributed by atoms with E-state index in [1.54, 1.807) is 0 Å². The van der Waals surface area contributed by atoms with Crippen LogP contribution in [0.2, 0.25) is 0 Å². The maximum Gasteiger partial charge on any atom is 0.258 e. The summed E-state index contributed by atoms with van der Waals surface area (Å²) in [7, 11) is 0. The second-order valence-corrected chi connectivity index (χ2v) is 7.62. The smallest absolute Gasteiger partial charge is 0.258 e. The van der Waals surface area contributed by atoms with Gasteiger partial charge in [-0.2, -0.15) is 0 Å². The molecule has 0 aliphatic carbocycles. The number of primary amides is 1. The number of hydrogen-bond donors (Lipinski definition) is 2. The highest BCUT2D eigenvalue weighted by Crippen LogP contribution is 2.30. The molecule has 0 radical (unpaired) electrons. The van der Waals surface area contributed by atoms with Crippen LogP contribution in [-0.4, -0.2) is 49.0 Å². The van der Waals surface area contributed by atoms with Gasteiger partial charge in [-0.15, -0.1) is 0 Å². The first-order valence-corrected chi connectivity index (χ1v) is 8.78. The number of carbonyl (C=O) groups excluding carboxylic acids is 2. The minimum atomic E-state index is -0.312. The topological polar surface area (TPSA) is 84.7 Å². The molecule has 1 aromatic carbocycles. The fourth-order valence-electron chi connectivity index (χ4n) is 3.08. The summed E-state index contributed by atoms with van der Waals surface area (Å²) in [5.74, 6) is 0.326. The van der Waals surface area contributed by atoms with Crippen LogP contribution in [0.1, 0.15) is 39.2 Å². The Labute approximate surface area is 149 Å². The van der Waals surface area contributed by atoms with E-state index in [1.165, 1.54) is 0 Å². The molecule has 0 atom stereocenters. The van der Waals surface area contributed by atoms with Gasteiger partial charge in [0.25, 0.3) is 5.91 Å². The van der Waals surface area contributed by atoms with Crippen molar-refractivity contribution in [1.82, 2.24) is 10.2 Å². The fourth-order valence-corrected chi connectivity index (χ4v) is 3.08. The standard InChI is InChI=1S/C19H29N3O3/c1-19(2,3)15-6-4-5-7-16(15)25-13-18(24)21-14-8-10-22(11-9-14)12-17(20)23/h4-7,14H,8-13H2,1-3H3,(H2,20,23)(H,21,24). The average Bonchev–Trinajstić information content (AvgIpc) is 2.54. The Morgan fingerprint density at radius 2 is 1.88 bits per heavy atom. The molecule has 6 heteroatoms. The van der Waals surface area contributed by atoms with Crippen LogP contribution in [0.4, 0.5) is 0 Å². The van der Waals surface area contributed by atoms with Crippen LogP contribution in [0.3, 0.4) is 0 Å². The van der Waals surface area contributed by atoms with Crippen molar-refractivity contribution in [3.8, 4) is 5.75 Å². The van der Waals surface area contributed by atoms with Gasteiger partial charge >= 0.3 is 0 Å². The number of benzene rings is 1. The first kappa shape index (κ1) is 19.2. The maximum atomic E-state index is 12.2. The third kappa shape index (κ3) is 6.05. The van der Waals surface area contributed by atoms with Crippen LogP contribution in [0, 0.1) is 0 Å². The molecule has 1 aliphatic heterocycles. The summed E-state index contributed by atoms with van der Waals surface area (Å²) in [5.41, 5.74) is 6.25. The van der Waals surface area contributed by atoms with Gasteiger partial charge in [-0.05, 0) is 29.9 Å². The van der Waals surface area contributed by atoms with Gasteiger partial charge in [0.2, 0.25) is 5.91 Å². The van der Waals surface area contributed by atoms with Crippen LogP contribution >= 0.6 is 0 Å².